The average Bonchev–Trinajstić information content (AvgIpc) is 2.17. The topological polar surface area (TPSA) is 178 Å². The number of carbonyl (C=O) groups excluding carboxylic acids is 3. The van der Waals surface area contributed by atoms with Gasteiger partial charge in [-0.1, -0.05) is 225 Å². The zero-order valence-corrected chi connectivity index (χ0v) is 54.5. The molecule has 93 heavy (non-hydrogen) atoms. The van der Waals surface area contributed by atoms with Gasteiger partial charge in [0.25, 0.3) is 0 Å². The number of ether oxygens (including phenoxy) is 6. The Balaban J connectivity index is 0.758. The van der Waals surface area contributed by atoms with Crippen molar-refractivity contribution in [3.05, 3.63) is 197 Å². The molecule has 0 aliphatic carbocycles. The summed E-state index contributed by atoms with van der Waals surface area (Å²) in [6, 6.07) is 52.7. The Labute approximate surface area is 553 Å². The standard InChI is InChI=1S/C81H95N3O9/c82-61-69-31-46-75(47-32-69)72-40-25-66(26-41-72)37-52-79(85)91-58-22-16-10-3-1-7-13-19-55-88-64-78(90-57-21-15-9-5-6-12-18-24-60-93-81(87)54-39-68-29-44-74(45-30-68)77-50-35-71(63-84)36-51-77)65-89-56-20-14-8-2-4-11-17-23-59-92-80(86)53-38-67-27-42-73(43-28-67)76-48-33-70(62-83)34-49-76/h25-54,78H,1-24,55-60,64-65H2/b52-37+,53-38+,54-39+. The zero-order valence-electron chi connectivity index (χ0n) is 54.5. The number of benzene rings is 6. The van der Waals surface area contributed by atoms with Gasteiger partial charge >= 0.3 is 17.9 Å². The third-order valence-electron chi connectivity index (χ3n) is 16.1. The first-order valence-electron chi connectivity index (χ1n) is 33.9. The Bertz CT molecular complexity index is 3130. The Morgan fingerprint density at radius 3 is 0.753 bits per heavy atom. The lowest BCUT2D eigenvalue weighted by Crippen LogP contribution is -2.26. The second kappa shape index (κ2) is 46.4. The highest BCUT2D eigenvalue weighted by molar-refractivity contribution is 5.88. The van der Waals surface area contributed by atoms with Crippen LogP contribution in [0, 0.1) is 34.0 Å². The molecule has 12 heteroatoms. The van der Waals surface area contributed by atoms with E-state index in [2.05, 4.69) is 18.2 Å². The van der Waals surface area contributed by atoms with Crippen molar-refractivity contribution in [2.24, 2.45) is 0 Å². The molecule has 6 aromatic rings. The fourth-order valence-electron chi connectivity index (χ4n) is 10.5. The van der Waals surface area contributed by atoms with Crippen LogP contribution in [0.15, 0.2) is 164 Å². The number of nitriles is 3. The highest BCUT2D eigenvalue weighted by Gasteiger charge is 2.11. The van der Waals surface area contributed by atoms with Crippen LogP contribution in [0.2, 0.25) is 0 Å². The van der Waals surface area contributed by atoms with E-state index in [-0.39, 0.29) is 24.0 Å². The smallest absolute Gasteiger partial charge is 0.330 e. The van der Waals surface area contributed by atoms with E-state index < -0.39 is 0 Å². The molecule has 0 N–H and O–H groups in total. The third kappa shape index (κ3) is 31.9. The highest BCUT2D eigenvalue weighted by Crippen LogP contribution is 2.24. The van der Waals surface area contributed by atoms with Gasteiger partial charge < -0.3 is 28.4 Å². The van der Waals surface area contributed by atoms with E-state index >= 15 is 0 Å². The first-order valence-corrected chi connectivity index (χ1v) is 33.9. The molecule has 0 atom stereocenters. The molecule has 0 radical (unpaired) electrons. The summed E-state index contributed by atoms with van der Waals surface area (Å²) in [4.78, 5) is 36.9. The number of esters is 3. The van der Waals surface area contributed by atoms with Crippen LogP contribution in [0.4, 0.5) is 0 Å². The molecule has 0 fully saturated rings. The maximum atomic E-state index is 12.3. The number of hydrogen-bond acceptors (Lipinski definition) is 12. The molecule has 0 aromatic heterocycles. The van der Waals surface area contributed by atoms with Gasteiger partial charge in [0.15, 0.2) is 0 Å². The Morgan fingerprint density at radius 1 is 0.290 bits per heavy atom. The van der Waals surface area contributed by atoms with Crippen molar-refractivity contribution < 1.29 is 42.8 Å². The minimum absolute atomic E-state index is 0.0912. The first-order chi connectivity index (χ1) is 45.8. The molecule has 0 saturated heterocycles. The fraction of sp³-hybridized carbons (Fsp3) is 0.407. The molecule has 0 aliphatic rings. The normalized spacial score (nSPS) is 11.3. The predicted octanol–water partition coefficient (Wildman–Crippen LogP) is 19.2. The second-order valence-electron chi connectivity index (χ2n) is 23.6. The Kier molecular flexibility index (Phi) is 36.6. The van der Waals surface area contributed by atoms with Gasteiger partial charge in [-0.15, -0.1) is 0 Å². The van der Waals surface area contributed by atoms with Crippen LogP contribution in [-0.4, -0.2) is 76.9 Å². The molecule has 0 amide bonds. The fourth-order valence-corrected chi connectivity index (χ4v) is 10.5. The van der Waals surface area contributed by atoms with Crippen molar-refractivity contribution in [3.63, 3.8) is 0 Å². The van der Waals surface area contributed by atoms with Crippen molar-refractivity contribution in [1.82, 2.24) is 0 Å². The van der Waals surface area contributed by atoms with Gasteiger partial charge in [-0.25, -0.2) is 14.4 Å². The van der Waals surface area contributed by atoms with E-state index in [1.54, 1.807) is 18.2 Å². The van der Waals surface area contributed by atoms with Gasteiger partial charge in [0.1, 0.15) is 6.10 Å². The second-order valence-corrected chi connectivity index (χ2v) is 23.6. The molecule has 0 saturated carbocycles. The first kappa shape index (κ1) is 73.4. The lowest BCUT2D eigenvalue weighted by atomic mass is 10.0. The van der Waals surface area contributed by atoms with Gasteiger partial charge in [-0.2, -0.15) is 15.8 Å². The molecule has 6 rings (SSSR count). The molecule has 12 nitrogen and oxygen atoms in total. The van der Waals surface area contributed by atoms with E-state index in [1.165, 1.54) is 69.6 Å². The SMILES string of the molecule is N#Cc1ccc(-c2ccc(/C=C/C(=O)OCCCCCCCCCCOCC(COCCCCCCCCCCOC(=O)/C=C/c3ccc(-c4ccc(C#N)cc4)cc3)OCCCCCCCCCCOC(=O)/C=C/c3ccc(-c4ccc(C#N)cc4)cc3)cc2)cc1. The van der Waals surface area contributed by atoms with Crippen molar-refractivity contribution in [1.29, 1.82) is 15.8 Å². The molecule has 488 valence electrons. The van der Waals surface area contributed by atoms with Crippen molar-refractivity contribution in [2.75, 3.05) is 52.9 Å². The van der Waals surface area contributed by atoms with Gasteiger partial charge in [0.05, 0.1) is 67.9 Å². The number of hydrogen-bond donors (Lipinski definition) is 0. The largest absolute Gasteiger partial charge is 0.463 e. The quantitative estimate of drug-likeness (QED) is 0.0153. The molecular weight excluding hydrogens is 1160 g/mol. The van der Waals surface area contributed by atoms with E-state index in [1.807, 2.05) is 146 Å². The van der Waals surface area contributed by atoms with Crippen LogP contribution in [0.1, 0.15) is 187 Å². The van der Waals surface area contributed by atoms with Crippen LogP contribution in [-0.2, 0) is 42.8 Å². The molecule has 6 aromatic carbocycles. The highest BCUT2D eigenvalue weighted by atomic mass is 16.6. The van der Waals surface area contributed by atoms with Crippen molar-refractivity contribution >= 4 is 36.1 Å². The number of carbonyl (C=O) groups is 3. The minimum atomic E-state index is -0.329. The molecule has 0 heterocycles. The van der Waals surface area contributed by atoms with Crippen LogP contribution >= 0.6 is 0 Å². The van der Waals surface area contributed by atoms with E-state index in [9.17, 15) is 14.4 Å². The molecule has 0 bridgehead atoms. The average molecular weight is 1250 g/mol. The Morgan fingerprint density at radius 2 is 0.505 bits per heavy atom. The maximum Gasteiger partial charge on any atom is 0.330 e. The van der Waals surface area contributed by atoms with Crippen LogP contribution in [0.5, 0.6) is 0 Å². The van der Waals surface area contributed by atoms with E-state index in [0.717, 1.165) is 153 Å². The molecular formula is C81H95N3O9. The van der Waals surface area contributed by atoms with Gasteiger partial charge in [-0.05, 0) is 143 Å². The Hall–Kier alpha value is -8.70. The van der Waals surface area contributed by atoms with Gasteiger partial charge in [0.2, 0.25) is 0 Å². The molecule has 0 unspecified atom stereocenters. The summed E-state index contributed by atoms with van der Waals surface area (Å²) >= 11 is 0. The summed E-state index contributed by atoms with van der Waals surface area (Å²) in [5.41, 5.74) is 10.9. The summed E-state index contributed by atoms with van der Waals surface area (Å²) in [7, 11) is 0. The molecule has 0 aliphatic heterocycles. The third-order valence-corrected chi connectivity index (χ3v) is 16.1. The zero-order chi connectivity index (χ0) is 65.4. The van der Waals surface area contributed by atoms with Crippen LogP contribution in [0.25, 0.3) is 51.6 Å². The summed E-state index contributed by atoms with van der Waals surface area (Å²) in [5, 5.41) is 27.1. The predicted molar refractivity (Wildman–Crippen MR) is 372 cm³/mol. The van der Waals surface area contributed by atoms with Gasteiger partial charge in [0, 0.05) is 38.0 Å². The van der Waals surface area contributed by atoms with E-state index in [4.69, 9.17) is 44.2 Å². The number of unbranched alkanes of at least 4 members (excludes halogenated alkanes) is 21. The summed E-state index contributed by atoms with van der Waals surface area (Å²) in [6.07, 6.45) is 35.7. The van der Waals surface area contributed by atoms with Crippen molar-refractivity contribution in [3.8, 4) is 51.6 Å². The van der Waals surface area contributed by atoms with Gasteiger partial charge in [-0.3, -0.25) is 0 Å². The number of nitrogens with zero attached hydrogens (tertiary/aromatic N) is 3. The number of rotatable bonds is 47. The maximum absolute atomic E-state index is 12.3. The van der Waals surface area contributed by atoms with Crippen LogP contribution < -0.4 is 0 Å². The van der Waals surface area contributed by atoms with E-state index in [0.29, 0.717) is 69.5 Å². The summed E-state index contributed by atoms with van der Waals surface area (Å²) in [5.74, 6) is -0.985. The summed E-state index contributed by atoms with van der Waals surface area (Å²) < 4.78 is 35.0. The van der Waals surface area contributed by atoms with Crippen molar-refractivity contribution in [2.45, 2.75) is 160 Å². The molecule has 0 spiro atoms. The minimum Gasteiger partial charge on any atom is -0.463 e. The van der Waals surface area contributed by atoms with Crippen LogP contribution in [0.3, 0.4) is 0 Å². The lowest BCUT2D eigenvalue weighted by molar-refractivity contribution is -0.138. The summed E-state index contributed by atoms with van der Waals surface area (Å²) in [6.45, 7) is 4.45. The lowest BCUT2D eigenvalue weighted by Gasteiger charge is -2.18. The monoisotopic (exact) mass is 1250 g/mol.